The van der Waals surface area contributed by atoms with Gasteiger partial charge in [-0.3, -0.25) is 4.79 Å². The number of nitriles is 1. The van der Waals surface area contributed by atoms with Crippen LogP contribution in [0, 0.1) is 28.6 Å². The Bertz CT molecular complexity index is 237. The van der Waals surface area contributed by atoms with Gasteiger partial charge in [-0.15, -0.1) is 0 Å². The molecule has 0 amide bonds. The Hall–Kier alpha value is -0.840. The first-order valence-corrected chi connectivity index (χ1v) is 4.46. The number of ketones is 1. The normalized spacial score (nSPS) is 27.3. The summed E-state index contributed by atoms with van der Waals surface area (Å²) in [5.41, 5.74) is 0.168. The first-order chi connectivity index (χ1) is 5.53. The minimum Gasteiger partial charge on any atom is -0.298 e. The zero-order valence-corrected chi connectivity index (χ0v) is 7.92. The van der Waals surface area contributed by atoms with Crippen LogP contribution < -0.4 is 0 Å². The molecule has 66 valence electrons. The van der Waals surface area contributed by atoms with Crippen LogP contribution in [0.4, 0.5) is 0 Å². The maximum atomic E-state index is 11.6. The molecule has 2 nitrogen and oxygen atoms in total. The summed E-state index contributed by atoms with van der Waals surface area (Å²) in [5.74, 6) is -0.0520. The fourth-order valence-electron chi connectivity index (χ4n) is 1.55. The summed E-state index contributed by atoms with van der Waals surface area (Å²) in [6.45, 7) is 6.06. The Balaban J connectivity index is 2.56. The van der Waals surface area contributed by atoms with Gasteiger partial charge in [-0.25, -0.2) is 0 Å². The van der Waals surface area contributed by atoms with Gasteiger partial charge < -0.3 is 0 Å². The summed E-state index contributed by atoms with van der Waals surface area (Å²) in [4.78, 5) is 11.6. The Morgan fingerprint density at radius 2 is 2.25 bits per heavy atom. The first-order valence-electron chi connectivity index (χ1n) is 4.46. The van der Waals surface area contributed by atoms with Crippen molar-refractivity contribution in [3.8, 4) is 6.07 Å². The van der Waals surface area contributed by atoms with E-state index in [0.717, 1.165) is 6.42 Å². The van der Waals surface area contributed by atoms with Crippen molar-refractivity contribution in [1.29, 1.82) is 5.26 Å². The molecule has 2 heteroatoms. The SMILES string of the molecule is CCC(C#N)C(=O)C1CC1(C)C. The zero-order valence-electron chi connectivity index (χ0n) is 7.92. The second-order valence-corrected chi connectivity index (χ2v) is 4.24. The predicted octanol–water partition coefficient (Wildman–Crippen LogP) is 2.15. The fraction of sp³-hybridized carbons (Fsp3) is 0.800. The highest BCUT2D eigenvalue weighted by Gasteiger charge is 2.51. The average Bonchev–Trinajstić information content (AvgIpc) is 2.62. The highest BCUT2D eigenvalue weighted by atomic mass is 16.1. The lowest BCUT2D eigenvalue weighted by atomic mass is 9.95. The van der Waals surface area contributed by atoms with Gasteiger partial charge in [-0.2, -0.15) is 5.26 Å². The summed E-state index contributed by atoms with van der Waals surface area (Å²) in [7, 11) is 0. The van der Waals surface area contributed by atoms with Crippen molar-refractivity contribution < 1.29 is 4.79 Å². The molecule has 2 unspecified atom stereocenters. The summed E-state index contributed by atoms with van der Waals surface area (Å²) >= 11 is 0. The Kier molecular flexibility index (Phi) is 2.23. The summed E-state index contributed by atoms with van der Waals surface area (Å²) in [6, 6.07) is 2.06. The maximum Gasteiger partial charge on any atom is 0.153 e. The molecule has 0 aliphatic heterocycles. The van der Waals surface area contributed by atoms with Crippen LogP contribution >= 0.6 is 0 Å². The Morgan fingerprint density at radius 3 is 2.50 bits per heavy atom. The number of hydrogen-bond acceptors (Lipinski definition) is 2. The minimum absolute atomic E-state index is 0.155. The molecule has 0 N–H and O–H groups in total. The van der Waals surface area contributed by atoms with Crippen molar-refractivity contribution in [2.24, 2.45) is 17.3 Å². The molecule has 1 aliphatic carbocycles. The number of carbonyl (C=O) groups is 1. The van der Waals surface area contributed by atoms with E-state index in [4.69, 9.17) is 5.26 Å². The van der Waals surface area contributed by atoms with Crippen LogP contribution in [0.15, 0.2) is 0 Å². The summed E-state index contributed by atoms with van der Waals surface area (Å²) in [6.07, 6.45) is 1.62. The summed E-state index contributed by atoms with van der Waals surface area (Å²) in [5, 5.41) is 8.67. The quantitative estimate of drug-likeness (QED) is 0.643. The van der Waals surface area contributed by atoms with Gasteiger partial charge in [-0.05, 0) is 18.3 Å². The van der Waals surface area contributed by atoms with E-state index in [1.165, 1.54) is 0 Å². The van der Waals surface area contributed by atoms with Crippen LogP contribution in [0.25, 0.3) is 0 Å². The monoisotopic (exact) mass is 165 g/mol. The van der Waals surface area contributed by atoms with Crippen molar-refractivity contribution in [2.75, 3.05) is 0 Å². The van der Waals surface area contributed by atoms with Gasteiger partial charge in [-0.1, -0.05) is 20.8 Å². The Morgan fingerprint density at radius 1 is 1.75 bits per heavy atom. The van der Waals surface area contributed by atoms with Crippen molar-refractivity contribution in [1.82, 2.24) is 0 Å². The van der Waals surface area contributed by atoms with Crippen molar-refractivity contribution in [3.63, 3.8) is 0 Å². The zero-order chi connectivity index (χ0) is 9.35. The lowest BCUT2D eigenvalue weighted by molar-refractivity contribution is -0.123. The van der Waals surface area contributed by atoms with Gasteiger partial charge in [0.1, 0.15) is 5.92 Å². The smallest absolute Gasteiger partial charge is 0.153 e. The Labute approximate surface area is 73.6 Å². The highest BCUT2D eigenvalue weighted by Crippen LogP contribution is 2.53. The standard InChI is InChI=1S/C10H15NO/c1-4-7(6-11)9(12)8-5-10(8,2)3/h7-8H,4-5H2,1-3H3. The van der Waals surface area contributed by atoms with Crippen molar-refractivity contribution >= 4 is 5.78 Å². The van der Waals surface area contributed by atoms with Crippen LogP contribution in [0.2, 0.25) is 0 Å². The van der Waals surface area contributed by atoms with Crippen LogP contribution in [0.3, 0.4) is 0 Å². The molecule has 1 saturated carbocycles. The van der Waals surface area contributed by atoms with E-state index in [-0.39, 0.29) is 23.0 Å². The molecule has 2 atom stereocenters. The number of Topliss-reactive ketones (excluding diaryl/α,β-unsaturated/α-hetero) is 1. The van der Waals surface area contributed by atoms with Gasteiger partial charge >= 0.3 is 0 Å². The molecule has 1 rings (SSSR count). The van der Waals surface area contributed by atoms with E-state index in [2.05, 4.69) is 19.9 Å². The molecule has 0 spiro atoms. The molecule has 12 heavy (non-hydrogen) atoms. The molecule has 0 aromatic rings. The molecular formula is C10H15NO. The summed E-state index contributed by atoms with van der Waals surface area (Å²) < 4.78 is 0. The lowest BCUT2D eigenvalue weighted by Gasteiger charge is -2.05. The average molecular weight is 165 g/mol. The third-order valence-corrected chi connectivity index (χ3v) is 2.76. The molecule has 0 heterocycles. The molecular weight excluding hydrogens is 150 g/mol. The van der Waals surface area contributed by atoms with E-state index in [9.17, 15) is 4.79 Å². The number of nitrogens with zero attached hydrogens (tertiary/aromatic N) is 1. The van der Waals surface area contributed by atoms with E-state index in [1.807, 2.05) is 6.92 Å². The number of rotatable bonds is 3. The minimum atomic E-state index is -0.364. The van der Waals surface area contributed by atoms with E-state index in [1.54, 1.807) is 0 Å². The molecule has 0 aromatic carbocycles. The molecule has 1 aliphatic rings. The topological polar surface area (TPSA) is 40.9 Å². The lowest BCUT2D eigenvalue weighted by Crippen LogP contribution is -2.16. The molecule has 0 bridgehead atoms. The molecule has 0 aromatic heterocycles. The second kappa shape index (κ2) is 2.90. The van der Waals surface area contributed by atoms with Gasteiger partial charge in [0, 0.05) is 5.92 Å². The number of hydrogen-bond donors (Lipinski definition) is 0. The van der Waals surface area contributed by atoms with Crippen molar-refractivity contribution in [2.45, 2.75) is 33.6 Å². The maximum absolute atomic E-state index is 11.6. The van der Waals surface area contributed by atoms with Crippen LogP contribution in [0.5, 0.6) is 0 Å². The molecule has 0 radical (unpaired) electrons. The number of carbonyl (C=O) groups excluding carboxylic acids is 1. The molecule has 0 saturated heterocycles. The third-order valence-electron chi connectivity index (χ3n) is 2.76. The van der Waals surface area contributed by atoms with E-state index in [0.29, 0.717) is 6.42 Å². The third kappa shape index (κ3) is 1.50. The second-order valence-electron chi connectivity index (χ2n) is 4.24. The van der Waals surface area contributed by atoms with Crippen molar-refractivity contribution in [3.05, 3.63) is 0 Å². The van der Waals surface area contributed by atoms with Crippen LogP contribution in [-0.2, 0) is 4.79 Å². The largest absolute Gasteiger partial charge is 0.298 e. The predicted molar refractivity (Wildman–Crippen MR) is 46.3 cm³/mol. The fourth-order valence-corrected chi connectivity index (χ4v) is 1.55. The highest BCUT2D eigenvalue weighted by molar-refractivity contribution is 5.88. The van der Waals surface area contributed by atoms with Crippen LogP contribution in [-0.4, -0.2) is 5.78 Å². The first kappa shape index (κ1) is 9.25. The van der Waals surface area contributed by atoms with E-state index < -0.39 is 0 Å². The van der Waals surface area contributed by atoms with Crippen LogP contribution in [0.1, 0.15) is 33.6 Å². The van der Waals surface area contributed by atoms with E-state index >= 15 is 0 Å². The molecule has 1 fully saturated rings. The van der Waals surface area contributed by atoms with Gasteiger partial charge in [0.2, 0.25) is 0 Å². The van der Waals surface area contributed by atoms with Gasteiger partial charge in [0.05, 0.1) is 6.07 Å². The van der Waals surface area contributed by atoms with Gasteiger partial charge in [0.15, 0.2) is 5.78 Å². The van der Waals surface area contributed by atoms with Gasteiger partial charge in [0.25, 0.3) is 0 Å².